The minimum atomic E-state index is -3.98. The van der Waals surface area contributed by atoms with Gasteiger partial charge in [-0.15, -0.1) is 0 Å². The number of nitrogens with one attached hydrogen (secondary N) is 2. The van der Waals surface area contributed by atoms with Crippen molar-refractivity contribution in [3.05, 3.63) is 53.1 Å². The number of hydrogen-bond donors (Lipinski definition) is 3. The van der Waals surface area contributed by atoms with Gasteiger partial charge in [-0.1, -0.05) is 11.6 Å². The predicted molar refractivity (Wildman–Crippen MR) is 128 cm³/mol. The van der Waals surface area contributed by atoms with E-state index in [0.717, 1.165) is 0 Å². The molecular formula is C22H27ClN4O5S. The molecule has 33 heavy (non-hydrogen) atoms. The molecule has 0 aliphatic carbocycles. The lowest BCUT2D eigenvalue weighted by Gasteiger charge is -2.36. The maximum absolute atomic E-state index is 12.7. The van der Waals surface area contributed by atoms with Gasteiger partial charge in [0.25, 0.3) is 10.0 Å². The number of aromatic carboxylic acids is 1. The fraction of sp³-hybridized carbons (Fsp3) is 0.364. The Hall–Kier alpha value is -2.82. The lowest BCUT2D eigenvalue weighted by Crippen LogP contribution is -2.50. The van der Waals surface area contributed by atoms with Crippen LogP contribution in [0.15, 0.2) is 47.4 Å². The first-order valence-electron chi connectivity index (χ1n) is 10.5. The van der Waals surface area contributed by atoms with Gasteiger partial charge >= 0.3 is 5.97 Å². The molecule has 11 heteroatoms. The standard InChI is InChI=1S/C22H27ClN4O5S/c1-15(2)24-21(28)14-26-9-11-27(12-10-26)17-5-8-20(19(13-17)22(29)30)25-33(31,32)18-6-3-16(23)4-7-18/h3-8,13,15,25H,9-12,14H2,1-2H3,(H,24,28)(H,29,30). The lowest BCUT2D eigenvalue weighted by molar-refractivity contribution is -0.122. The van der Waals surface area contributed by atoms with E-state index in [1.54, 1.807) is 6.07 Å². The third kappa shape index (κ3) is 6.59. The van der Waals surface area contributed by atoms with Gasteiger partial charge in [0.05, 0.1) is 22.7 Å². The topological polar surface area (TPSA) is 119 Å². The normalized spacial score (nSPS) is 14.8. The number of carboxylic acid groups (broad SMARTS) is 1. The molecule has 9 nitrogen and oxygen atoms in total. The summed E-state index contributed by atoms with van der Waals surface area (Å²) in [5.41, 5.74) is 0.502. The van der Waals surface area contributed by atoms with Gasteiger partial charge in [0, 0.05) is 42.9 Å². The SMILES string of the molecule is CC(C)NC(=O)CN1CCN(c2ccc(NS(=O)(=O)c3ccc(Cl)cc3)c(C(=O)O)c2)CC1. The Kier molecular flexibility index (Phi) is 7.83. The molecule has 1 aliphatic rings. The molecule has 2 aromatic rings. The average Bonchev–Trinajstić information content (AvgIpc) is 2.74. The molecule has 0 radical (unpaired) electrons. The van der Waals surface area contributed by atoms with E-state index in [-0.39, 0.29) is 28.1 Å². The van der Waals surface area contributed by atoms with Crippen LogP contribution in [0.4, 0.5) is 11.4 Å². The molecule has 1 amide bonds. The second-order valence-corrected chi connectivity index (χ2v) is 10.2. The molecule has 3 rings (SSSR count). The first-order valence-corrected chi connectivity index (χ1v) is 12.3. The Morgan fingerprint density at radius 3 is 2.27 bits per heavy atom. The fourth-order valence-electron chi connectivity index (χ4n) is 3.55. The van der Waals surface area contributed by atoms with Gasteiger partial charge in [0.15, 0.2) is 0 Å². The Labute approximate surface area is 198 Å². The summed E-state index contributed by atoms with van der Waals surface area (Å²) in [6.45, 7) is 6.67. The second kappa shape index (κ2) is 10.4. The number of anilines is 2. The number of nitrogens with zero attached hydrogens (tertiary/aromatic N) is 2. The van der Waals surface area contributed by atoms with Crippen LogP contribution < -0.4 is 14.9 Å². The van der Waals surface area contributed by atoms with Crippen molar-refractivity contribution in [1.29, 1.82) is 0 Å². The molecule has 1 saturated heterocycles. The highest BCUT2D eigenvalue weighted by Crippen LogP contribution is 2.27. The number of benzene rings is 2. The molecule has 1 fully saturated rings. The van der Waals surface area contributed by atoms with E-state index in [1.165, 1.54) is 36.4 Å². The third-order valence-corrected chi connectivity index (χ3v) is 6.79. The van der Waals surface area contributed by atoms with Crippen LogP contribution in [0, 0.1) is 0 Å². The van der Waals surface area contributed by atoms with Crippen LogP contribution in [-0.4, -0.2) is 69.1 Å². The van der Waals surface area contributed by atoms with Crippen molar-refractivity contribution in [3.8, 4) is 0 Å². The molecule has 0 unspecified atom stereocenters. The Balaban J connectivity index is 1.71. The molecule has 0 bridgehead atoms. The third-order valence-electron chi connectivity index (χ3n) is 5.16. The summed E-state index contributed by atoms with van der Waals surface area (Å²) in [6, 6.07) is 10.3. The van der Waals surface area contributed by atoms with Crippen LogP contribution in [0.2, 0.25) is 5.02 Å². The molecule has 0 aromatic heterocycles. The smallest absolute Gasteiger partial charge is 0.337 e. The van der Waals surface area contributed by atoms with E-state index >= 15 is 0 Å². The first kappa shape index (κ1) is 24.8. The number of carbonyl (C=O) groups is 2. The summed E-state index contributed by atoms with van der Waals surface area (Å²) in [7, 11) is -3.98. The highest BCUT2D eigenvalue weighted by Gasteiger charge is 2.23. The van der Waals surface area contributed by atoms with E-state index in [2.05, 4.69) is 10.0 Å². The van der Waals surface area contributed by atoms with Crippen LogP contribution in [0.3, 0.4) is 0 Å². The van der Waals surface area contributed by atoms with Crippen molar-refractivity contribution in [2.75, 3.05) is 42.3 Å². The molecule has 1 aliphatic heterocycles. The number of sulfonamides is 1. The molecule has 1 heterocycles. The summed E-state index contributed by atoms with van der Waals surface area (Å²) in [4.78, 5) is 27.9. The van der Waals surface area contributed by atoms with Gasteiger partial charge in [-0.05, 0) is 56.3 Å². The van der Waals surface area contributed by atoms with Crippen molar-refractivity contribution in [2.24, 2.45) is 0 Å². The molecular weight excluding hydrogens is 468 g/mol. The zero-order valence-electron chi connectivity index (χ0n) is 18.4. The quantitative estimate of drug-likeness (QED) is 0.515. The Morgan fingerprint density at radius 2 is 1.70 bits per heavy atom. The van der Waals surface area contributed by atoms with Crippen molar-refractivity contribution >= 4 is 44.9 Å². The number of hydrogen-bond acceptors (Lipinski definition) is 6. The van der Waals surface area contributed by atoms with Crippen LogP contribution in [-0.2, 0) is 14.8 Å². The summed E-state index contributed by atoms with van der Waals surface area (Å²) < 4.78 is 27.7. The summed E-state index contributed by atoms with van der Waals surface area (Å²) in [5.74, 6) is -1.27. The van der Waals surface area contributed by atoms with E-state index in [0.29, 0.717) is 43.4 Å². The average molecular weight is 495 g/mol. The molecule has 3 N–H and O–H groups in total. The summed E-state index contributed by atoms with van der Waals surface area (Å²) in [6.07, 6.45) is 0. The predicted octanol–water partition coefficient (Wildman–Crippen LogP) is 2.49. The lowest BCUT2D eigenvalue weighted by atomic mass is 10.1. The maximum atomic E-state index is 12.7. The van der Waals surface area contributed by atoms with Crippen molar-refractivity contribution < 1.29 is 23.1 Å². The Bertz CT molecular complexity index is 1110. The van der Waals surface area contributed by atoms with E-state index < -0.39 is 16.0 Å². The molecule has 0 spiro atoms. The van der Waals surface area contributed by atoms with Gasteiger partial charge in [0.1, 0.15) is 0 Å². The van der Waals surface area contributed by atoms with Crippen LogP contribution in [0.25, 0.3) is 0 Å². The van der Waals surface area contributed by atoms with Gasteiger partial charge in [0.2, 0.25) is 5.91 Å². The first-order chi connectivity index (χ1) is 15.5. The number of halogens is 1. The maximum Gasteiger partial charge on any atom is 0.337 e. The zero-order chi connectivity index (χ0) is 24.2. The summed E-state index contributed by atoms with van der Waals surface area (Å²) in [5, 5.41) is 12.9. The van der Waals surface area contributed by atoms with Gasteiger partial charge in [-0.2, -0.15) is 0 Å². The van der Waals surface area contributed by atoms with Crippen molar-refractivity contribution in [3.63, 3.8) is 0 Å². The van der Waals surface area contributed by atoms with E-state index in [9.17, 15) is 23.1 Å². The Morgan fingerprint density at radius 1 is 1.06 bits per heavy atom. The van der Waals surface area contributed by atoms with Crippen LogP contribution in [0.1, 0.15) is 24.2 Å². The van der Waals surface area contributed by atoms with E-state index in [1.807, 2.05) is 23.6 Å². The number of rotatable bonds is 8. The number of piperazine rings is 1. The molecule has 2 aromatic carbocycles. The number of amides is 1. The highest BCUT2D eigenvalue weighted by atomic mass is 35.5. The number of carboxylic acids is 1. The molecule has 178 valence electrons. The van der Waals surface area contributed by atoms with Gasteiger partial charge in [-0.3, -0.25) is 14.4 Å². The van der Waals surface area contributed by atoms with E-state index in [4.69, 9.17) is 11.6 Å². The second-order valence-electron chi connectivity index (χ2n) is 8.08. The molecule has 0 saturated carbocycles. The largest absolute Gasteiger partial charge is 0.478 e. The van der Waals surface area contributed by atoms with Crippen LogP contribution >= 0.6 is 11.6 Å². The van der Waals surface area contributed by atoms with Crippen molar-refractivity contribution in [1.82, 2.24) is 10.2 Å². The van der Waals surface area contributed by atoms with Gasteiger partial charge < -0.3 is 15.3 Å². The minimum absolute atomic E-state index is 0.0230. The van der Waals surface area contributed by atoms with Crippen molar-refractivity contribution in [2.45, 2.75) is 24.8 Å². The van der Waals surface area contributed by atoms with Gasteiger partial charge in [-0.25, -0.2) is 13.2 Å². The molecule has 0 atom stereocenters. The fourth-order valence-corrected chi connectivity index (χ4v) is 4.75. The monoisotopic (exact) mass is 494 g/mol. The number of carbonyl (C=O) groups excluding carboxylic acids is 1. The minimum Gasteiger partial charge on any atom is -0.478 e. The highest BCUT2D eigenvalue weighted by molar-refractivity contribution is 7.92. The van der Waals surface area contributed by atoms with Crippen LogP contribution in [0.5, 0.6) is 0 Å². The summed E-state index contributed by atoms with van der Waals surface area (Å²) >= 11 is 5.81. The zero-order valence-corrected chi connectivity index (χ0v) is 20.0.